The van der Waals surface area contributed by atoms with Gasteiger partial charge in [-0.05, 0) is 24.9 Å². The van der Waals surface area contributed by atoms with Crippen LogP contribution in [0, 0.1) is 5.92 Å². The van der Waals surface area contributed by atoms with Crippen molar-refractivity contribution in [1.82, 2.24) is 20.2 Å². The van der Waals surface area contributed by atoms with Crippen molar-refractivity contribution in [3.05, 3.63) is 65.7 Å². The van der Waals surface area contributed by atoms with E-state index in [4.69, 9.17) is 9.05 Å². The molecule has 4 aromatic rings. The molecule has 198 valence electrons. The Morgan fingerprint density at radius 1 is 1.05 bits per heavy atom. The van der Waals surface area contributed by atoms with Crippen LogP contribution in [0.4, 0.5) is 13.2 Å². The van der Waals surface area contributed by atoms with Gasteiger partial charge in [-0.3, -0.25) is 9.69 Å². The molecule has 5 rings (SSSR count). The maximum absolute atomic E-state index is 13.9. The normalized spacial score (nSPS) is 17.4. The third-order valence-electron chi connectivity index (χ3n) is 6.48. The Labute approximate surface area is 214 Å². The molecular weight excluding hydrogens is 505 g/mol. The van der Waals surface area contributed by atoms with E-state index < -0.39 is 41.4 Å². The number of aliphatic carboxylic acids is 1. The second-order valence-electron chi connectivity index (χ2n) is 9.10. The Hall–Kier alpha value is -4.03. The zero-order chi connectivity index (χ0) is 26.9. The van der Waals surface area contributed by atoms with Gasteiger partial charge in [-0.15, -0.1) is 0 Å². The zero-order valence-electron chi connectivity index (χ0n) is 19.9. The van der Waals surface area contributed by atoms with Crippen LogP contribution in [0.2, 0.25) is 0 Å². The maximum atomic E-state index is 13.9. The number of hydrogen-bond acceptors (Lipinski definition) is 8. The smallest absolute Gasteiger partial charge is 0.422 e. The van der Waals surface area contributed by atoms with Crippen LogP contribution in [-0.4, -0.2) is 56.0 Å². The topological polar surface area (TPSA) is 126 Å². The molecule has 1 fully saturated rings. The highest BCUT2D eigenvalue weighted by Crippen LogP contribution is 2.43. The summed E-state index contributed by atoms with van der Waals surface area (Å²) in [7, 11) is 0. The van der Waals surface area contributed by atoms with Crippen LogP contribution >= 0.6 is 0 Å². The fourth-order valence-corrected chi connectivity index (χ4v) is 4.55. The minimum atomic E-state index is -4.79. The van der Waals surface area contributed by atoms with E-state index in [9.17, 15) is 28.2 Å². The molecule has 9 nitrogen and oxygen atoms in total. The van der Waals surface area contributed by atoms with Crippen LogP contribution in [0.25, 0.3) is 34.3 Å². The van der Waals surface area contributed by atoms with E-state index in [0.717, 1.165) is 6.42 Å². The van der Waals surface area contributed by atoms with Gasteiger partial charge in [-0.2, -0.15) is 18.2 Å². The summed E-state index contributed by atoms with van der Waals surface area (Å²) in [5, 5.41) is 27.3. The number of β-amino-alcohol motifs (C(OH)–C–C–N with tert-alkyl or cyclic N) is 1. The summed E-state index contributed by atoms with van der Waals surface area (Å²) in [6.07, 6.45) is -4.27. The molecule has 2 atom stereocenters. The van der Waals surface area contributed by atoms with Crippen molar-refractivity contribution in [3.63, 3.8) is 0 Å². The number of carbonyl (C=O) groups is 1. The van der Waals surface area contributed by atoms with Crippen molar-refractivity contribution in [1.29, 1.82) is 0 Å². The van der Waals surface area contributed by atoms with Gasteiger partial charge in [-0.1, -0.05) is 64.9 Å². The molecule has 2 N–H and O–H groups in total. The predicted octanol–water partition coefficient (Wildman–Crippen LogP) is 4.91. The van der Waals surface area contributed by atoms with Crippen LogP contribution in [0.1, 0.15) is 30.1 Å². The third kappa shape index (κ3) is 5.31. The number of likely N-dealkylation sites (tertiary alicyclic amines) is 1. The number of piperidine rings is 1. The van der Waals surface area contributed by atoms with E-state index in [1.54, 1.807) is 42.5 Å². The summed E-state index contributed by atoms with van der Waals surface area (Å²) in [4.78, 5) is 17.3. The van der Waals surface area contributed by atoms with Gasteiger partial charge in [0.2, 0.25) is 11.6 Å². The van der Waals surface area contributed by atoms with E-state index in [-0.39, 0.29) is 23.6 Å². The highest BCUT2D eigenvalue weighted by Gasteiger charge is 2.43. The highest BCUT2D eigenvalue weighted by atomic mass is 19.4. The van der Waals surface area contributed by atoms with Gasteiger partial charge in [0, 0.05) is 24.2 Å². The molecule has 12 heteroatoms. The van der Waals surface area contributed by atoms with Crippen molar-refractivity contribution in [3.8, 4) is 34.3 Å². The number of halogens is 3. The highest BCUT2D eigenvalue weighted by molar-refractivity contribution is 5.71. The summed E-state index contributed by atoms with van der Waals surface area (Å²) in [6, 6.07) is 14.4. The number of carboxylic acid groups (broad SMARTS) is 1. The van der Waals surface area contributed by atoms with Crippen LogP contribution in [0.3, 0.4) is 0 Å². The van der Waals surface area contributed by atoms with E-state index in [2.05, 4.69) is 15.3 Å². The van der Waals surface area contributed by atoms with Crippen molar-refractivity contribution >= 4 is 5.97 Å². The Morgan fingerprint density at radius 2 is 1.79 bits per heavy atom. The van der Waals surface area contributed by atoms with Crippen molar-refractivity contribution in [2.45, 2.75) is 25.1 Å². The van der Waals surface area contributed by atoms with Crippen LogP contribution < -0.4 is 0 Å². The van der Waals surface area contributed by atoms with Gasteiger partial charge in [0.25, 0.3) is 5.89 Å². The second kappa shape index (κ2) is 10.4. The lowest BCUT2D eigenvalue weighted by Gasteiger charge is -2.32. The average Bonchev–Trinajstić information content (AvgIpc) is 3.57. The minimum Gasteiger partial charge on any atom is -0.481 e. The molecule has 2 aromatic carbocycles. The Bertz CT molecular complexity index is 1400. The summed E-state index contributed by atoms with van der Waals surface area (Å²) in [5.41, 5.74) is -0.213. The number of nitrogens with zero attached hydrogens (tertiary/aromatic N) is 4. The van der Waals surface area contributed by atoms with Gasteiger partial charge in [0.1, 0.15) is 11.3 Å². The lowest BCUT2D eigenvalue weighted by atomic mass is 9.97. The number of rotatable bonds is 7. The lowest BCUT2D eigenvalue weighted by molar-refractivity contribution is -0.143. The molecular formula is C26H23F3N4O5. The first-order valence-electron chi connectivity index (χ1n) is 11.9. The molecule has 0 radical (unpaired) electrons. The summed E-state index contributed by atoms with van der Waals surface area (Å²) in [5.74, 6) is -2.39. The first-order valence-corrected chi connectivity index (χ1v) is 11.9. The molecule has 0 amide bonds. The van der Waals surface area contributed by atoms with E-state index in [1.165, 1.54) is 12.1 Å². The maximum Gasteiger partial charge on any atom is 0.422 e. The van der Waals surface area contributed by atoms with Crippen molar-refractivity contribution < 1.29 is 37.2 Å². The zero-order valence-corrected chi connectivity index (χ0v) is 19.9. The molecule has 0 saturated carbocycles. The predicted molar refractivity (Wildman–Crippen MR) is 127 cm³/mol. The van der Waals surface area contributed by atoms with Crippen LogP contribution in [0.5, 0.6) is 0 Å². The minimum absolute atomic E-state index is 0.0344. The van der Waals surface area contributed by atoms with E-state index >= 15 is 0 Å². The average molecular weight is 528 g/mol. The number of aliphatic hydroxyl groups is 1. The Kier molecular flexibility index (Phi) is 7.00. The molecule has 0 bridgehead atoms. The number of aliphatic hydroxyl groups excluding tert-OH is 1. The molecule has 3 heterocycles. The number of carboxylic acids is 1. The van der Waals surface area contributed by atoms with Gasteiger partial charge in [0.05, 0.1) is 12.0 Å². The van der Waals surface area contributed by atoms with E-state index in [1.807, 2.05) is 4.90 Å². The molecule has 0 aliphatic carbocycles. The largest absolute Gasteiger partial charge is 0.481 e. The first kappa shape index (κ1) is 25.6. The number of alkyl halides is 3. The Morgan fingerprint density at radius 3 is 2.47 bits per heavy atom. The summed E-state index contributed by atoms with van der Waals surface area (Å²) >= 11 is 0. The van der Waals surface area contributed by atoms with Crippen molar-refractivity contribution in [2.75, 3.05) is 19.6 Å². The summed E-state index contributed by atoms with van der Waals surface area (Å²) < 4.78 is 52.0. The number of aromatic nitrogens is 3. The van der Waals surface area contributed by atoms with Gasteiger partial charge >= 0.3 is 12.1 Å². The molecule has 38 heavy (non-hydrogen) atoms. The molecule has 2 aromatic heterocycles. The first-order chi connectivity index (χ1) is 18.2. The van der Waals surface area contributed by atoms with Crippen LogP contribution in [-0.2, 0) is 11.0 Å². The van der Waals surface area contributed by atoms with Gasteiger partial charge in [-0.25, -0.2) is 0 Å². The van der Waals surface area contributed by atoms with E-state index in [0.29, 0.717) is 30.6 Å². The third-order valence-corrected chi connectivity index (χ3v) is 6.48. The summed E-state index contributed by atoms with van der Waals surface area (Å²) in [6.45, 7) is 1.37. The number of benzene rings is 2. The Balaban J connectivity index is 1.34. The molecule has 1 saturated heterocycles. The molecule has 1 aliphatic rings. The fourth-order valence-electron chi connectivity index (χ4n) is 4.55. The standard InChI is InChI=1S/C26H23F3N4O5/c27-26(28,29)20-21(16-5-2-1-3-6-16)31-37-22(20)24-30-23(32-38-24)17-10-8-15(9-11-17)19(34)14-33-12-4-7-18(13-33)25(35)36/h1-3,5-6,8-11,18-19,34H,4,7,12-14H2,(H,35,36)/t18-,19+/m0/s1. The van der Waals surface area contributed by atoms with Crippen molar-refractivity contribution in [2.24, 2.45) is 5.92 Å². The number of hydrogen-bond donors (Lipinski definition) is 2. The SMILES string of the molecule is O=C(O)[C@H]1CCCN(C[C@@H](O)c2ccc(-c3noc(-c4onc(-c5ccccc5)c4C(F)(F)F)n3)cc2)C1. The van der Waals surface area contributed by atoms with Gasteiger partial charge in [0.15, 0.2) is 0 Å². The monoisotopic (exact) mass is 528 g/mol. The van der Waals surface area contributed by atoms with Gasteiger partial charge < -0.3 is 19.3 Å². The fraction of sp³-hybridized carbons (Fsp3) is 0.308. The van der Waals surface area contributed by atoms with Crippen LogP contribution in [0.15, 0.2) is 63.6 Å². The quantitative estimate of drug-likeness (QED) is 0.344. The lowest BCUT2D eigenvalue weighted by Crippen LogP contribution is -2.40. The second-order valence-corrected chi connectivity index (χ2v) is 9.10. The molecule has 1 aliphatic heterocycles. The molecule has 0 spiro atoms. The molecule has 0 unspecified atom stereocenters.